The Morgan fingerprint density at radius 1 is 0.646 bits per heavy atom. The van der Waals surface area contributed by atoms with E-state index in [9.17, 15) is 0 Å². The summed E-state index contributed by atoms with van der Waals surface area (Å²) in [6, 6.07) is 18.0. The number of rotatable bonds is 17. The third-order valence-electron chi connectivity index (χ3n) is 9.37. The summed E-state index contributed by atoms with van der Waals surface area (Å²) < 4.78 is 14.8. The molecule has 4 aromatic heterocycles. The standard InChI is InChI=1S/C40H46N4O2S2/c1-3-5-7-9-11-13-17-42-38-25-44-40(46-38)37-21-29-19-27-16-15-26-18-28-20-36(47-34(28)22-30(26)31(27)23-35(29)48-37)39-43-24-33(45-39)32(41)14-12-10-8-6-4-2/h15-16,18-25,32,42H,3-14,17,41H2,1-2H3. The number of hydrogen-bond donors (Lipinski definition) is 2. The molecule has 0 aliphatic rings. The van der Waals surface area contributed by atoms with Crippen LogP contribution in [0.5, 0.6) is 0 Å². The minimum atomic E-state index is -0.108. The number of oxazole rings is 2. The summed E-state index contributed by atoms with van der Waals surface area (Å²) in [5, 5.41) is 10.8. The Hall–Kier alpha value is -3.72. The highest BCUT2D eigenvalue weighted by atomic mass is 32.1. The van der Waals surface area contributed by atoms with Crippen LogP contribution in [0.2, 0.25) is 0 Å². The molecule has 4 heterocycles. The zero-order valence-corrected chi connectivity index (χ0v) is 29.8. The van der Waals surface area contributed by atoms with E-state index in [-0.39, 0.29) is 6.04 Å². The van der Waals surface area contributed by atoms with Crippen molar-refractivity contribution in [2.24, 2.45) is 5.73 Å². The molecule has 8 heteroatoms. The smallest absolute Gasteiger partial charge is 0.238 e. The van der Waals surface area contributed by atoms with Gasteiger partial charge in [0.1, 0.15) is 5.76 Å². The molecular formula is C40H46N4O2S2. The van der Waals surface area contributed by atoms with E-state index in [1.54, 1.807) is 22.7 Å². The Morgan fingerprint density at radius 3 is 1.85 bits per heavy atom. The molecule has 3 aromatic carbocycles. The molecule has 0 saturated carbocycles. The third-order valence-corrected chi connectivity index (χ3v) is 11.5. The molecule has 0 aliphatic carbocycles. The Bertz CT molecular complexity index is 2120. The number of nitrogens with zero attached hydrogens (tertiary/aromatic N) is 2. The molecule has 1 atom stereocenters. The van der Waals surface area contributed by atoms with Crippen LogP contribution in [0, 0.1) is 0 Å². The zero-order valence-electron chi connectivity index (χ0n) is 28.1. The summed E-state index contributed by atoms with van der Waals surface area (Å²) in [5.41, 5.74) is 6.47. The molecule has 0 fully saturated rings. The Morgan fingerprint density at radius 2 is 1.21 bits per heavy atom. The lowest BCUT2D eigenvalue weighted by molar-refractivity contribution is 0.445. The van der Waals surface area contributed by atoms with Gasteiger partial charge >= 0.3 is 0 Å². The predicted molar refractivity (Wildman–Crippen MR) is 205 cm³/mol. The van der Waals surface area contributed by atoms with Gasteiger partial charge in [0.2, 0.25) is 17.7 Å². The largest absolute Gasteiger partial charge is 0.439 e. The summed E-state index contributed by atoms with van der Waals surface area (Å²) in [6.45, 7) is 5.41. The van der Waals surface area contributed by atoms with Crippen LogP contribution in [0.1, 0.15) is 103 Å². The molecule has 3 N–H and O–H groups in total. The van der Waals surface area contributed by atoms with Gasteiger partial charge in [-0.3, -0.25) is 0 Å². The molecule has 0 bridgehead atoms. The van der Waals surface area contributed by atoms with Crippen LogP contribution in [0.4, 0.5) is 5.88 Å². The van der Waals surface area contributed by atoms with Gasteiger partial charge in [0.15, 0.2) is 0 Å². The number of aromatic nitrogens is 2. The fourth-order valence-corrected chi connectivity index (χ4v) is 8.64. The van der Waals surface area contributed by atoms with Crippen molar-refractivity contribution in [3.63, 3.8) is 0 Å². The highest BCUT2D eigenvalue weighted by Crippen LogP contribution is 2.41. The number of unbranched alkanes of at least 4 members (excludes halogenated alkanes) is 9. The number of benzene rings is 3. The minimum absolute atomic E-state index is 0.108. The van der Waals surface area contributed by atoms with E-state index in [1.807, 2.05) is 12.4 Å². The summed E-state index contributed by atoms with van der Waals surface area (Å²) in [4.78, 5) is 11.3. The summed E-state index contributed by atoms with van der Waals surface area (Å²) in [7, 11) is 0. The zero-order chi connectivity index (χ0) is 32.9. The van der Waals surface area contributed by atoms with Gasteiger partial charge in [-0.25, -0.2) is 9.97 Å². The van der Waals surface area contributed by atoms with E-state index < -0.39 is 0 Å². The Labute approximate surface area is 290 Å². The molecule has 6 nitrogen and oxygen atoms in total. The van der Waals surface area contributed by atoms with E-state index in [4.69, 9.17) is 14.6 Å². The lowest BCUT2D eigenvalue weighted by Crippen LogP contribution is -2.08. The molecule has 0 radical (unpaired) electrons. The van der Waals surface area contributed by atoms with Gasteiger partial charge < -0.3 is 19.9 Å². The maximum Gasteiger partial charge on any atom is 0.238 e. The van der Waals surface area contributed by atoms with Gasteiger partial charge in [-0.2, -0.15) is 0 Å². The molecule has 250 valence electrons. The highest BCUT2D eigenvalue weighted by molar-refractivity contribution is 7.22. The van der Waals surface area contributed by atoms with Crippen LogP contribution in [0.25, 0.3) is 63.3 Å². The van der Waals surface area contributed by atoms with Crippen molar-refractivity contribution in [1.82, 2.24) is 9.97 Å². The van der Waals surface area contributed by atoms with Crippen molar-refractivity contribution < 1.29 is 8.83 Å². The topological polar surface area (TPSA) is 90.1 Å². The molecule has 48 heavy (non-hydrogen) atoms. The van der Waals surface area contributed by atoms with Crippen molar-refractivity contribution in [2.75, 3.05) is 11.9 Å². The van der Waals surface area contributed by atoms with Gasteiger partial charge in [-0.15, -0.1) is 22.7 Å². The van der Waals surface area contributed by atoms with E-state index in [2.05, 4.69) is 77.7 Å². The maximum atomic E-state index is 6.47. The van der Waals surface area contributed by atoms with Crippen molar-refractivity contribution in [1.29, 1.82) is 0 Å². The van der Waals surface area contributed by atoms with E-state index >= 15 is 0 Å². The first-order valence-electron chi connectivity index (χ1n) is 17.8. The normalized spacial score (nSPS) is 12.6. The van der Waals surface area contributed by atoms with E-state index in [0.29, 0.717) is 11.8 Å². The van der Waals surface area contributed by atoms with Crippen LogP contribution in [0.15, 0.2) is 69.8 Å². The van der Waals surface area contributed by atoms with Crippen LogP contribution >= 0.6 is 22.7 Å². The van der Waals surface area contributed by atoms with Crippen molar-refractivity contribution >= 4 is 70.3 Å². The molecule has 7 rings (SSSR count). The first-order chi connectivity index (χ1) is 23.6. The maximum absolute atomic E-state index is 6.47. The molecule has 1 unspecified atom stereocenters. The van der Waals surface area contributed by atoms with Crippen LogP contribution in [-0.2, 0) is 0 Å². The highest BCUT2D eigenvalue weighted by Gasteiger charge is 2.17. The molecule has 0 saturated heterocycles. The van der Waals surface area contributed by atoms with E-state index in [0.717, 1.165) is 47.2 Å². The van der Waals surface area contributed by atoms with Gasteiger partial charge in [-0.1, -0.05) is 90.2 Å². The molecule has 0 aliphatic heterocycles. The quantitative estimate of drug-likeness (QED) is 0.0736. The molecule has 7 aromatic rings. The first kappa shape index (κ1) is 32.8. The molecule has 0 amide bonds. The average Bonchev–Trinajstić information content (AvgIpc) is 3.91. The van der Waals surface area contributed by atoms with Crippen LogP contribution in [-0.4, -0.2) is 16.5 Å². The summed E-state index contributed by atoms with van der Waals surface area (Å²) in [5.74, 6) is 2.85. The number of anilines is 1. The Kier molecular flexibility index (Phi) is 10.4. The third kappa shape index (κ3) is 7.31. The van der Waals surface area contributed by atoms with Gasteiger partial charge in [0.05, 0.1) is 28.2 Å². The fraction of sp³-hybridized carbons (Fsp3) is 0.400. The first-order valence-corrected chi connectivity index (χ1v) is 19.5. The predicted octanol–water partition coefficient (Wildman–Crippen LogP) is 12.9. The van der Waals surface area contributed by atoms with Crippen LogP contribution < -0.4 is 11.1 Å². The number of fused-ring (bicyclic) bond motifs is 5. The van der Waals surface area contributed by atoms with Crippen LogP contribution in [0.3, 0.4) is 0 Å². The second-order valence-electron chi connectivity index (χ2n) is 13.1. The summed E-state index contributed by atoms with van der Waals surface area (Å²) >= 11 is 3.46. The van der Waals surface area contributed by atoms with Crippen molar-refractivity contribution in [2.45, 2.75) is 96.9 Å². The van der Waals surface area contributed by atoms with Crippen molar-refractivity contribution in [3.05, 3.63) is 66.7 Å². The molecule has 0 spiro atoms. The van der Waals surface area contributed by atoms with Gasteiger partial charge in [0.25, 0.3) is 0 Å². The Balaban J connectivity index is 1.08. The second-order valence-corrected chi connectivity index (χ2v) is 15.3. The monoisotopic (exact) mass is 678 g/mol. The SMILES string of the molecule is CCCCCCCCNc1cnc(-c2cc3cc4ccc5cc6cc(-c7ncc(C(N)CCCCCCC)o7)sc6cc5c4cc3s2)o1. The number of hydrogen-bond acceptors (Lipinski definition) is 8. The van der Waals surface area contributed by atoms with Crippen molar-refractivity contribution in [3.8, 4) is 21.5 Å². The number of nitrogens with two attached hydrogens (primary N) is 1. The van der Waals surface area contributed by atoms with Gasteiger partial charge in [-0.05, 0) is 81.6 Å². The lowest BCUT2D eigenvalue weighted by atomic mass is 10.00. The second kappa shape index (κ2) is 15.2. The van der Waals surface area contributed by atoms with Gasteiger partial charge in [0, 0.05) is 15.9 Å². The average molecular weight is 679 g/mol. The van der Waals surface area contributed by atoms with E-state index in [1.165, 1.54) is 99.5 Å². The fourth-order valence-electron chi connectivity index (χ4n) is 6.61. The lowest BCUT2D eigenvalue weighted by Gasteiger charge is -2.07. The molecular weight excluding hydrogens is 633 g/mol. The summed E-state index contributed by atoms with van der Waals surface area (Å²) in [6.07, 6.45) is 18.4. The minimum Gasteiger partial charge on any atom is -0.439 e. The number of thiophene rings is 2. The number of nitrogens with one attached hydrogen (secondary N) is 1.